The second-order valence-electron chi connectivity index (χ2n) is 6.86. The summed E-state index contributed by atoms with van der Waals surface area (Å²) in [5.74, 6) is 0.464. The molecule has 2 aliphatic rings. The van der Waals surface area contributed by atoms with E-state index in [4.69, 9.17) is 11.6 Å². The minimum Gasteiger partial charge on any atom is -0.509 e. The van der Waals surface area contributed by atoms with Gasteiger partial charge in [0.15, 0.2) is 0 Å². The van der Waals surface area contributed by atoms with Gasteiger partial charge in [0.05, 0.1) is 17.7 Å². The molecule has 1 amide bonds. The quantitative estimate of drug-likeness (QED) is 0.775. The fraction of sp³-hybridized carbons (Fsp3) is 0.500. The lowest BCUT2D eigenvalue weighted by atomic mass is 9.76. The first-order chi connectivity index (χ1) is 10.9. The number of hydrogen-bond donors (Lipinski definition) is 3. The highest BCUT2D eigenvalue weighted by Crippen LogP contribution is 2.44. The number of aliphatic hydroxyl groups excluding tert-OH is 2. The Balaban J connectivity index is 2.12. The third-order valence-corrected chi connectivity index (χ3v) is 5.42. The molecule has 23 heavy (non-hydrogen) atoms. The van der Waals surface area contributed by atoms with E-state index < -0.39 is 5.54 Å². The molecule has 0 radical (unpaired) electrons. The Labute approximate surface area is 141 Å². The SMILES string of the molecule is Cc1cc(Cl)cc(CO)c1C1=C(O)C2(CCC(C)CC2)NC1=O. The molecule has 1 aliphatic carbocycles. The second kappa shape index (κ2) is 5.84. The molecule has 1 heterocycles. The molecular formula is C18H22ClNO3. The largest absolute Gasteiger partial charge is 0.509 e. The zero-order valence-corrected chi connectivity index (χ0v) is 14.2. The van der Waals surface area contributed by atoms with Gasteiger partial charge in [-0.25, -0.2) is 0 Å². The highest BCUT2D eigenvalue weighted by Gasteiger charge is 2.47. The molecule has 0 atom stereocenters. The minimum atomic E-state index is -0.641. The summed E-state index contributed by atoms with van der Waals surface area (Å²) in [5.41, 5.74) is 1.59. The van der Waals surface area contributed by atoms with Gasteiger partial charge in [0.2, 0.25) is 0 Å². The van der Waals surface area contributed by atoms with Gasteiger partial charge in [-0.05, 0) is 67.3 Å². The van der Waals surface area contributed by atoms with Gasteiger partial charge in [-0.3, -0.25) is 4.79 Å². The van der Waals surface area contributed by atoms with Gasteiger partial charge < -0.3 is 15.5 Å². The molecule has 0 saturated heterocycles. The van der Waals surface area contributed by atoms with E-state index in [0.717, 1.165) is 31.2 Å². The monoisotopic (exact) mass is 335 g/mol. The fourth-order valence-corrected chi connectivity index (χ4v) is 4.12. The molecule has 0 unspecified atom stereocenters. The van der Waals surface area contributed by atoms with Crippen molar-refractivity contribution < 1.29 is 15.0 Å². The predicted molar refractivity (Wildman–Crippen MR) is 90.2 cm³/mol. The van der Waals surface area contributed by atoms with Gasteiger partial charge in [-0.1, -0.05) is 18.5 Å². The van der Waals surface area contributed by atoms with E-state index in [0.29, 0.717) is 22.1 Å². The summed E-state index contributed by atoms with van der Waals surface area (Å²) in [4.78, 5) is 12.6. The maximum atomic E-state index is 12.6. The molecule has 4 nitrogen and oxygen atoms in total. The molecule has 0 bridgehead atoms. The Hall–Kier alpha value is -1.52. The van der Waals surface area contributed by atoms with Crippen molar-refractivity contribution in [1.29, 1.82) is 0 Å². The lowest BCUT2D eigenvalue weighted by Gasteiger charge is -2.36. The molecule has 0 aromatic heterocycles. The van der Waals surface area contributed by atoms with E-state index in [9.17, 15) is 15.0 Å². The molecule has 1 aliphatic heterocycles. The van der Waals surface area contributed by atoms with E-state index >= 15 is 0 Å². The molecule has 1 aromatic carbocycles. The molecule has 5 heteroatoms. The Morgan fingerprint density at radius 1 is 1.35 bits per heavy atom. The van der Waals surface area contributed by atoms with Crippen LogP contribution in [-0.4, -0.2) is 21.7 Å². The van der Waals surface area contributed by atoms with Crippen LogP contribution in [0.25, 0.3) is 5.57 Å². The zero-order chi connectivity index (χ0) is 16.8. The number of hydrogen-bond acceptors (Lipinski definition) is 3. The van der Waals surface area contributed by atoms with Gasteiger partial charge in [0, 0.05) is 5.02 Å². The molecule has 1 saturated carbocycles. The summed E-state index contributed by atoms with van der Waals surface area (Å²) >= 11 is 6.05. The molecule has 1 aromatic rings. The molecule has 1 fully saturated rings. The van der Waals surface area contributed by atoms with Gasteiger partial charge in [0.25, 0.3) is 5.91 Å². The van der Waals surface area contributed by atoms with Crippen LogP contribution in [0.4, 0.5) is 0 Å². The molecule has 3 N–H and O–H groups in total. The number of halogens is 1. The van der Waals surface area contributed by atoms with Crippen LogP contribution in [-0.2, 0) is 11.4 Å². The Bertz CT molecular complexity index is 688. The second-order valence-corrected chi connectivity index (χ2v) is 7.29. The van der Waals surface area contributed by atoms with Crippen molar-refractivity contribution in [3.63, 3.8) is 0 Å². The summed E-state index contributed by atoms with van der Waals surface area (Å²) in [7, 11) is 0. The number of benzene rings is 1. The van der Waals surface area contributed by atoms with Crippen molar-refractivity contribution in [1.82, 2.24) is 5.32 Å². The van der Waals surface area contributed by atoms with Gasteiger partial charge in [-0.15, -0.1) is 0 Å². The lowest BCUT2D eigenvalue weighted by Crippen LogP contribution is -2.47. The van der Waals surface area contributed by atoms with E-state index in [-0.39, 0.29) is 23.8 Å². The average Bonchev–Trinajstić information content (AvgIpc) is 2.73. The number of aliphatic hydroxyl groups is 2. The average molecular weight is 336 g/mol. The highest BCUT2D eigenvalue weighted by molar-refractivity contribution is 6.31. The van der Waals surface area contributed by atoms with Crippen molar-refractivity contribution >= 4 is 23.1 Å². The van der Waals surface area contributed by atoms with Crippen LogP contribution in [0.1, 0.15) is 49.3 Å². The summed E-state index contributed by atoms with van der Waals surface area (Å²) < 4.78 is 0. The Morgan fingerprint density at radius 2 is 2.00 bits per heavy atom. The van der Waals surface area contributed by atoms with Crippen LogP contribution in [0, 0.1) is 12.8 Å². The molecule has 1 spiro atoms. The smallest absolute Gasteiger partial charge is 0.256 e. The number of aryl methyl sites for hydroxylation is 1. The summed E-state index contributed by atoms with van der Waals surface area (Å²) in [6.45, 7) is 3.80. The predicted octanol–water partition coefficient (Wildman–Crippen LogP) is 3.49. The maximum Gasteiger partial charge on any atom is 0.256 e. The maximum absolute atomic E-state index is 12.6. The van der Waals surface area contributed by atoms with Crippen LogP contribution in [0.15, 0.2) is 17.9 Å². The molecule has 124 valence electrons. The standard InChI is InChI=1S/C18H22ClNO3/c1-10-3-5-18(6-4-10)16(22)15(17(23)20-18)14-11(2)7-13(19)8-12(14)9-21/h7-8,10,21-22H,3-6,9H2,1-2H3,(H,20,23). The highest BCUT2D eigenvalue weighted by atomic mass is 35.5. The van der Waals surface area contributed by atoms with Gasteiger partial charge >= 0.3 is 0 Å². The van der Waals surface area contributed by atoms with Gasteiger partial charge in [-0.2, -0.15) is 0 Å². The lowest BCUT2D eigenvalue weighted by molar-refractivity contribution is -0.116. The van der Waals surface area contributed by atoms with Crippen LogP contribution in [0.2, 0.25) is 5.02 Å². The zero-order valence-electron chi connectivity index (χ0n) is 13.4. The van der Waals surface area contributed by atoms with E-state index in [2.05, 4.69) is 12.2 Å². The number of nitrogens with one attached hydrogen (secondary N) is 1. The van der Waals surface area contributed by atoms with Crippen LogP contribution >= 0.6 is 11.6 Å². The normalized spacial score (nSPS) is 27.7. The minimum absolute atomic E-state index is 0.120. The summed E-state index contributed by atoms with van der Waals surface area (Å²) in [6, 6.07) is 3.39. The van der Waals surface area contributed by atoms with Crippen molar-refractivity contribution in [2.45, 2.75) is 51.7 Å². The Kier molecular flexibility index (Phi) is 4.15. The molecule has 3 rings (SSSR count). The third kappa shape index (κ3) is 2.64. The number of carbonyl (C=O) groups excluding carboxylic acids is 1. The topological polar surface area (TPSA) is 69.6 Å². The van der Waals surface area contributed by atoms with Crippen molar-refractivity contribution in [2.75, 3.05) is 0 Å². The first-order valence-electron chi connectivity index (χ1n) is 8.04. The van der Waals surface area contributed by atoms with Crippen LogP contribution in [0.3, 0.4) is 0 Å². The van der Waals surface area contributed by atoms with E-state index in [1.165, 1.54) is 0 Å². The first-order valence-corrected chi connectivity index (χ1v) is 8.42. The van der Waals surface area contributed by atoms with E-state index in [1.54, 1.807) is 12.1 Å². The van der Waals surface area contributed by atoms with Crippen molar-refractivity contribution in [2.24, 2.45) is 5.92 Å². The Morgan fingerprint density at radius 3 is 2.61 bits per heavy atom. The third-order valence-electron chi connectivity index (χ3n) is 5.20. The van der Waals surface area contributed by atoms with Crippen LogP contribution < -0.4 is 5.32 Å². The van der Waals surface area contributed by atoms with Crippen molar-refractivity contribution in [3.05, 3.63) is 39.6 Å². The summed E-state index contributed by atoms with van der Waals surface area (Å²) in [5, 5.41) is 24.0. The van der Waals surface area contributed by atoms with E-state index in [1.807, 2.05) is 6.92 Å². The first kappa shape index (κ1) is 16.3. The number of rotatable bonds is 2. The summed E-state index contributed by atoms with van der Waals surface area (Å²) in [6.07, 6.45) is 3.45. The van der Waals surface area contributed by atoms with Crippen molar-refractivity contribution in [3.8, 4) is 0 Å². The number of carbonyl (C=O) groups is 1. The van der Waals surface area contributed by atoms with Crippen LogP contribution in [0.5, 0.6) is 0 Å². The van der Waals surface area contributed by atoms with Gasteiger partial charge in [0.1, 0.15) is 5.76 Å². The number of amides is 1. The molecular weight excluding hydrogens is 314 g/mol. The fourth-order valence-electron chi connectivity index (χ4n) is 3.83.